The van der Waals surface area contributed by atoms with E-state index in [4.69, 9.17) is 4.74 Å². The van der Waals surface area contributed by atoms with Crippen molar-refractivity contribution >= 4 is 5.78 Å². The minimum Gasteiger partial charge on any atom is -0.496 e. The first kappa shape index (κ1) is 15.1. The summed E-state index contributed by atoms with van der Waals surface area (Å²) >= 11 is 0. The fourth-order valence-electron chi connectivity index (χ4n) is 2.17. The Morgan fingerprint density at radius 2 is 1.95 bits per heavy atom. The summed E-state index contributed by atoms with van der Waals surface area (Å²) in [5.74, 6) is -1.65. The first-order chi connectivity index (χ1) is 9.93. The summed E-state index contributed by atoms with van der Waals surface area (Å²) < 4.78 is 31.3. The zero-order chi connectivity index (χ0) is 15.6. The van der Waals surface area contributed by atoms with E-state index in [9.17, 15) is 13.6 Å². The molecule has 0 amide bonds. The van der Waals surface area contributed by atoms with Crippen LogP contribution in [0.15, 0.2) is 24.4 Å². The molecule has 0 aliphatic rings. The molecular formula is C16H15F2NO2. The number of nitrogens with zero attached hydrogens (tertiary/aromatic N) is 1. The third-order valence-electron chi connectivity index (χ3n) is 3.32. The van der Waals surface area contributed by atoms with Crippen molar-refractivity contribution in [2.75, 3.05) is 7.11 Å². The highest BCUT2D eigenvalue weighted by Gasteiger charge is 2.15. The summed E-state index contributed by atoms with van der Waals surface area (Å²) in [4.78, 5) is 16.4. The van der Waals surface area contributed by atoms with Crippen LogP contribution in [0.3, 0.4) is 0 Å². The number of halogens is 2. The Morgan fingerprint density at radius 1 is 1.24 bits per heavy atom. The van der Waals surface area contributed by atoms with Crippen LogP contribution in [0, 0.1) is 25.5 Å². The first-order valence-corrected chi connectivity index (χ1v) is 6.41. The van der Waals surface area contributed by atoms with E-state index in [0.717, 1.165) is 23.3 Å². The maximum absolute atomic E-state index is 13.2. The van der Waals surface area contributed by atoms with Crippen LogP contribution < -0.4 is 4.74 Å². The Labute approximate surface area is 121 Å². The number of methoxy groups -OCH3 is 1. The Bertz CT molecular complexity index is 699. The third-order valence-corrected chi connectivity index (χ3v) is 3.32. The van der Waals surface area contributed by atoms with Crippen molar-refractivity contribution in [2.24, 2.45) is 0 Å². The van der Waals surface area contributed by atoms with E-state index >= 15 is 0 Å². The number of pyridine rings is 1. The second kappa shape index (κ2) is 5.99. The van der Waals surface area contributed by atoms with Crippen LogP contribution in [0.2, 0.25) is 0 Å². The highest BCUT2D eigenvalue weighted by Crippen LogP contribution is 2.24. The summed E-state index contributed by atoms with van der Waals surface area (Å²) in [7, 11) is 1.55. The molecular weight excluding hydrogens is 276 g/mol. The average Bonchev–Trinajstić information content (AvgIpc) is 2.45. The molecule has 0 unspecified atom stereocenters. The van der Waals surface area contributed by atoms with Gasteiger partial charge in [-0.25, -0.2) is 8.78 Å². The van der Waals surface area contributed by atoms with Crippen LogP contribution in [0.25, 0.3) is 0 Å². The normalized spacial score (nSPS) is 10.5. The molecule has 0 atom stereocenters. The molecule has 0 radical (unpaired) electrons. The van der Waals surface area contributed by atoms with Gasteiger partial charge < -0.3 is 4.74 Å². The van der Waals surface area contributed by atoms with Gasteiger partial charge in [-0.3, -0.25) is 9.78 Å². The molecule has 1 heterocycles. The summed E-state index contributed by atoms with van der Waals surface area (Å²) in [6.45, 7) is 3.67. The van der Waals surface area contributed by atoms with Gasteiger partial charge in [0.1, 0.15) is 5.75 Å². The lowest BCUT2D eigenvalue weighted by molar-refractivity contribution is 0.0991. The number of carbonyl (C=O) groups excluding carboxylic acids is 1. The second-order valence-electron chi connectivity index (χ2n) is 4.77. The number of ketones is 1. The minimum absolute atomic E-state index is 0.00749. The highest BCUT2D eigenvalue weighted by atomic mass is 19.2. The highest BCUT2D eigenvalue weighted by molar-refractivity contribution is 5.97. The predicted octanol–water partition coefficient (Wildman–Crippen LogP) is 3.41. The molecule has 2 rings (SSSR count). The van der Waals surface area contributed by atoms with Gasteiger partial charge in [0.2, 0.25) is 0 Å². The predicted molar refractivity (Wildman–Crippen MR) is 74.7 cm³/mol. The lowest BCUT2D eigenvalue weighted by Gasteiger charge is -2.11. The molecule has 0 saturated heterocycles. The molecule has 0 bridgehead atoms. The molecule has 0 saturated carbocycles. The summed E-state index contributed by atoms with van der Waals surface area (Å²) in [6, 6.07) is 3.11. The van der Waals surface area contributed by atoms with Crippen LogP contribution in [0.1, 0.15) is 27.2 Å². The Morgan fingerprint density at radius 3 is 2.57 bits per heavy atom. The minimum atomic E-state index is -1.04. The summed E-state index contributed by atoms with van der Waals surface area (Å²) in [5, 5.41) is 0. The quantitative estimate of drug-likeness (QED) is 0.810. The van der Waals surface area contributed by atoms with Crippen molar-refractivity contribution in [1.82, 2.24) is 4.98 Å². The van der Waals surface area contributed by atoms with E-state index in [1.165, 1.54) is 6.07 Å². The van der Waals surface area contributed by atoms with E-state index < -0.39 is 11.6 Å². The number of benzene rings is 1. The largest absolute Gasteiger partial charge is 0.496 e. The fourth-order valence-corrected chi connectivity index (χ4v) is 2.17. The van der Waals surface area contributed by atoms with Crippen molar-refractivity contribution < 1.29 is 18.3 Å². The number of carbonyl (C=O) groups is 1. The van der Waals surface area contributed by atoms with E-state index in [2.05, 4.69) is 4.98 Å². The average molecular weight is 291 g/mol. The molecule has 0 N–H and O–H groups in total. The number of aromatic nitrogens is 1. The van der Waals surface area contributed by atoms with Gasteiger partial charge in [-0.2, -0.15) is 0 Å². The third kappa shape index (κ3) is 3.07. The van der Waals surface area contributed by atoms with Gasteiger partial charge in [0.25, 0.3) is 0 Å². The van der Waals surface area contributed by atoms with Gasteiger partial charge >= 0.3 is 0 Å². The lowest BCUT2D eigenvalue weighted by atomic mass is 10.0. The lowest BCUT2D eigenvalue weighted by Crippen LogP contribution is -2.09. The van der Waals surface area contributed by atoms with Crippen LogP contribution in [0.4, 0.5) is 8.78 Å². The Hall–Kier alpha value is -2.30. The number of Topliss-reactive ketones (excluding diaryl/α,β-unsaturated/α-hetero) is 1. The molecule has 2 aromatic rings. The summed E-state index contributed by atoms with van der Waals surface area (Å²) in [6.07, 6.45) is 1.63. The molecule has 3 nitrogen and oxygen atoms in total. The van der Waals surface area contributed by atoms with Gasteiger partial charge in [0.05, 0.1) is 19.2 Å². The maximum atomic E-state index is 13.2. The van der Waals surface area contributed by atoms with Gasteiger partial charge in [0, 0.05) is 22.9 Å². The van der Waals surface area contributed by atoms with Crippen LogP contribution in [-0.4, -0.2) is 17.9 Å². The molecule has 110 valence electrons. The Balaban J connectivity index is 2.29. The molecule has 0 fully saturated rings. The summed E-state index contributed by atoms with van der Waals surface area (Å²) in [5.41, 5.74) is 2.33. The fraction of sp³-hybridized carbons (Fsp3) is 0.250. The van der Waals surface area contributed by atoms with Crippen LogP contribution in [-0.2, 0) is 6.42 Å². The first-order valence-electron chi connectivity index (χ1n) is 6.41. The smallest absolute Gasteiger partial charge is 0.168 e. The van der Waals surface area contributed by atoms with Crippen molar-refractivity contribution in [2.45, 2.75) is 20.3 Å². The Kier molecular flexibility index (Phi) is 4.31. The van der Waals surface area contributed by atoms with E-state index in [0.29, 0.717) is 11.4 Å². The SMILES string of the molecule is COc1c(C)cnc(CC(=O)c2ccc(F)c(F)c2)c1C. The van der Waals surface area contributed by atoms with Gasteiger partial charge in [0.15, 0.2) is 17.4 Å². The molecule has 0 aliphatic heterocycles. The standard InChI is InChI=1S/C16H15F2NO2/c1-9-8-19-14(10(2)16(9)21-3)7-15(20)11-4-5-12(17)13(18)6-11/h4-6,8H,7H2,1-3H3. The van der Waals surface area contributed by atoms with E-state index in [-0.39, 0.29) is 17.8 Å². The van der Waals surface area contributed by atoms with Crippen LogP contribution in [0.5, 0.6) is 5.75 Å². The second-order valence-corrected chi connectivity index (χ2v) is 4.77. The van der Waals surface area contributed by atoms with Crippen molar-refractivity contribution in [1.29, 1.82) is 0 Å². The van der Waals surface area contributed by atoms with Gasteiger partial charge in [-0.1, -0.05) is 0 Å². The molecule has 0 spiro atoms. The molecule has 1 aromatic heterocycles. The van der Waals surface area contributed by atoms with Crippen molar-refractivity contribution in [3.63, 3.8) is 0 Å². The van der Waals surface area contributed by atoms with Crippen molar-refractivity contribution in [3.05, 3.63) is 58.4 Å². The van der Waals surface area contributed by atoms with E-state index in [1.54, 1.807) is 13.3 Å². The zero-order valence-corrected chi connectivity index (χ0v) is 12.0. The molecule has 5 heteroatoms. The monoisotopic (exact) mass is 291 g/mol. The number of rotatable bonds is 4. The molecule has 0 aliphatic carbocycles. The van der Waals surface area contributed by atoms with Crippen LogP contribution >= 0.6 is 0 Å². The van der Waals surface area contributed by atoms with Gasteiger partial charge in [-0.15, -0.1) is 0 Å². The molecule has 1 aromatic carbocycles. The molecule has 21 heavy (non-hydrogen) atoms. The van der Waals surface area contributed by atoms with Crippen molar-refractivity contribution in [3.8, 4) is 5.75 Å². The zero-order valence-electron chi connectivity index (χ0n) is 12.0. The topological polar surface area (TPSA) is 39.2 Å². The van der Waals surface area contributed by atoms with E-state index in [1.807, 2.05) is 13.8 Å². The number of ether oxygens (including phenoxy) is 1. The van der Waals surface area contributed by atoms with Gasteiger partial charge in [-0.05, 0) is 32.0 Å². The number of aryl methyl sites for hydroxylation is 1. The number of hydrogen-bond donors (Lipinski definition) is 0. The maximum Gasteiger partial charge on any atom is 0.168 e. The number of hydrogen-bond acceptors (Lipinski definition) is 3.